The van der Waals surface area contributed by atoms with Crippen molar-refractivity contribution in [1.29, 1.82) is 0 Å². The third kappa shape index (κ3) is 4.60. The lowest BCUT2D eigenvalue weighted by Gasteiger charge is -2.36. The number of rotatable bonds is 5. The number of amides is 2. The molecule has 8 heteroatoms. The van der Waals surface area contributed by atoms with E-state index in [0.29, 0.717) is 23.1 Å². The largest absolute Gasteiger partial charge is 0.495 e. The van der Waals surface area contributed by atoms with Gasteiger partial charge in [0.15, 0.2) is 0 Å². The van der Waals surface area contributed by atoms with Gasteiger partial charge in [-0.05, 0) is 24.3 Å². The summed E-state index contributed by atoms with van der Waals surface area (Å²) in [5.74, 6) is 1.26. The highest BCUT2D eigenvalue weighted by Gasteiger charge is 2.19. The van der Waals surface area contributed by atoms with Crippen LogP contribution in [0.3, 0.4) is 0 Å². The monoisotopic (exact) mass is 404 g/mol. The van der Waals surface area contributed by atoms with Crippen molar-refractivity contribution in [2.24, 2.45) is 0 Å². The summed E-state index contributed by atoms with van der Waals surface area (Å²) < 4.78 is 5.24. The molecule has 30 heavy (non-hydrogen) atoms. The molecule has 1 fully saturated rings. The summed E-state index contributed by atoms with van der Waals surface area (Å²) in [6, 6.07) is 17.2. The van der Waals surface area contributed by atoms with Gasteiger partial charge >= 0.3 is 6.03 Å². The summed E-state index contributed by atoms with van der Waals surface area (Å²) in [4.78, 5) is 25.6. The molecular formula is C22H24N6O2. The first-order chi connectivity index (χ1) is 14.7. The lowest BCUT2D eigenvalue weighted by molar-refractivity contribution is 0.262. The molecule has 0 spiro atoms. The molecule has 0 saturated carbocycles. The van der Waals surface area contributed by atoms with Crippen LogP contribution in [0.5, 0.6) is 5.75 Å². The lowest BCUT2D eigenvalue weighted by Crippen LogP contribution is -2.47. The number of carbonyl (C=O) groups excluding carboxylic acids is 1. The number of ether oxygens (including phenoxy) is 1. The highest BCUT2D eigenvalue weighted by atomic mass is 16.5. The van der Waals surface area contributed by atoms with Gasteiger partial charge in [-0.15, -0.1) is 0 Å². The van der Waals surface area contributed by atoms with Crippen LogP contribution in [0.1, 0.15) is 0 Å². The fourth-order valence-corrected chi connectivity index (χ4v) is 3.39. The number of urea groups is 1. The molecule has 1 aliphatic rings. The Hall–Kier alpha value is -3.81. The quantitative estimate of drug-likeness (QED) is 0.678. The smallest absolute Gasteiger partial charge is 0.323 e. The fraction of sp³-hybridized carbons (Fsp3) is 0.227. The Bertz CT molecular complexity index is 972. The Labute approximate surface area is 175 Å². The molecule has 2 N–H and O–H groups in total. The number of carbonyl (C=O) groups is 1. The topological polar surface area (TPSA) is 82.6 Å². The minimum absolute atomic E-state index is 0.382. The molecule has 1 saturated heterocycles. The molecule has 0 radical (unpaired) electrons. The summed E-state index contributed by atoms with van der Waals surface area (Å²) >= 11 is 0. The Morgan fingerprint density at radius 3 is 2.20 bits per heavy atom. The summed E-state index contributed by atoms with van der Waals surface area (Å²) in [5.41, 5.74) is 2.35. The molecule has 1 aromatic heterocycles. The van der Waals surface area contributed by atoms with Crippen LogP contribution in [0, 0.1) is 0 Å². The first-order valence-electron chi connectivity index (χ1n) is 9.81. The number of piperazine rings is 1. The standard InChI is InChI=1S/C22H24N6O2/c1-30-20-10-6-5-9-19(20)26-22(29)25-17-15-23-21(24-16-17)28-13-11-27(12-14-28)18-7-3-2-4-8-18/h2-10,15-16H,11-14H2,1H3,(H2,25,26,29). The summed E-state index contributed by atoms with van der Waals surface area (Å²) in [6.45, 7) is 3.51. The van der Waals surface area contributed by atoms with Crippen LogP contribution in [-0.4, -0.2) is 49.3 Å². The maximum absolute atomic E-state index is 12.3. The minimum Gasteiger partial charge on any atom is -0.495 e. The van der Waals surface area contributed by atoms with Gasteiger partial charge in [0.2, 0.25) is 5.95 Å². The number of aromatic nitrogens is 2. The van der Waals surface area contributed by atoms with Gasteiger partial charge in [0, 0.05) is 31.9 Å². The first kappa shape index (κ1) is 19.5. The van der Waals surface area contributed by atoms with Gasteiger partial charge in [0.25, 0.3) is 0 Å². The summed E-state index contributed by atoms with van der Waals surface area (Å²) in [5, 5.41) is 5.50. The molecule has 2 aromatic carbocycles. The zero-order chi connectivity index (χ0) is 20.8. The predicted octanol–water partition coefficient (Wildman–Crippen LogP) is 3.46. The van der Waals surface area contributed by atoms with Gasteiger partial charge in [-0.3, -0.25) is 0 Å². The minimum atomic E-state index is -0.382. The normalized spacial score (nSPS) is 13.6. The molecular weight excluding hydrogens is 380 g/mol. The van der Waals surface area contributed by atoms with Crippen molar-refractivity contribution in [2.45, 2.75) is 0 Å². The van der Waals surface area contributed by atoms with Crippen LogP contribution in [0.2, 0.25) is 0 Å². The number of benzene rings is 2. The second-order valence-corrected chi connectivity index (χ2v) is 6.86. The Balaban J connectivity index is 1.31. The van der Waals surface area contributed by atoms with Crippen molar-refractivity contribution in [3.8, 4) is 5.75 Å². The Kier molecular flexibility index (Phi) is 5.93. The molecule has 8 nitrogen and oxygen atoms in total. The van der Waals surface area contributed by atoms with Gasteiger partial charge in [-0.25, -0.2) is 14.8 Å². The van der Waals surface area contributed by atoms with Crippen molar-refractivity contribution in [2.75, 3.05) is 53.7 Å². The van der Waals surface area contributed by atoms with Gasteiger partial charge < -0.3 is 25.2 Å². The Morgan fingerprint density at radius 1 is 0.867 bits per heavy atom. The van der Waals surface area contributed by atoms with Crippen LogP contribution >= 0.6 is 0 Å². The van der Waals surface area contributed by atoms with Gasteiger partial charge in [-0.1, -0.05) is 30.3 Å². The van der Waals surface area contributed by atoms with Crippen LogP contribution in [0.15, 0.2) is 67.0 Å². The van der Waals surface area contributed by atoms with E-state index >= 15 is 0 Å². The SMILES string of the molecule is COc1ccccc1NC(=O)Nc1cnc(N2CCN(c3ccccc3)CC2)nc1. The third-order valence-electron chi connectivity index (χ3n) is 4.94. The van der Waals surface area contributed by atoms with Crippen molar-refractivity contribution >= 4 is 29.0 Å². The Morgan fingerprint density at radius 2 is 1.50 bits per heavy atom. The first-order valence-corrected chi connectivity index (χ1v) is 9.81. The van der Waals surface area contributed by atoms with E-state index in [2.05, 4.69) is 54.7 Å². The molecule has 1 aliphatic heterocycles. The average molecular weight is 404 g/mol. The summed E-state index contributed by atoms with van der Waals surface area (Å²) in [6.07, 6.45) is 3.24. The number of anilines is 4. The molecule has 4 rings (SSSR count). The van der Waals surface area contributed by atoms with E-state index in [1.54, 1.807) is 31.6 Å². The number of hydrogen-bond acceptors (Lipinski definition) is 6. The number of nitrogens with one attached hydrogen (secondary N) is 2. The van der Waals surface area contributed by atoms with Gasteiger partial charge in [-0.2, -0.15) is 0 Å². The zero-order valence-electron chi connectivity index (χ0n) is 16.8. The van der Waals surface area contributed by atoms with E-state index in [1.807, 2.05) is 18.2 Å². The predicted molar refractivity (Wildman–Crippen MR) is 119 cm³/mol. The van der Waals surface area contributed by atoms with Crippen LogP contribution in [0.25, 0.3) is 0 Å². The molecule has 0 aliphatic carbocycles. The maximum atomic E-state index is 12.3. The van der Waals surface area contributed by atoms with E-state index in [1.165, 1.54) is 5.69 Å². The van der Waals surface area contributed by atoms with Crippen molar-refractivity contribution in [1.82, 2.24) is 9.97 Å². The second-order valence-electron chi connectivity index (χ2n) is 6.86. The molecule has 0 unspecified atom stereocenters. The van der Waals surface area contributed by atoms with E-state index in [4.69, 9.17) is 4.74 Å². The molecule has 0 atom stereocenters. The fourth-order valence-electron chi connectivity index (χ4n) is 3.39. The number of para-hydroxylation sites is 3. The van der Waals surface area contributed by atoms with Crippen molar-refractivity contribution in [3.05, 3.63) is 67.0 Å². The van der Waals surface area contributed by atoms with E-state index in [9.17, 15) is 4.79 Å². The number of nitrogens with zero attached hydrogens (tertiary/aromatic N) is 4. The molecule has 2 heterocycles. The van der Waals surface area contributed by atoms with Gasteiger partial charge in [0.1, 0.15) is 5.75 Å². The average Bonchev–Trinajstić information content (AvgIpc) is 2.80. The number of hydrogen-bond donors (Lipinski definition) is 2. The molecule has 3 aromatic rings. The van der Waals surface area contributed by atoms with Crippen LogP contribution < -0.4 is 25.2 Å². The van der Waals surface area contributed by atoms with E-state index in [0.717, 1.165) is 26.2 Å². The van der Waals surface area contributed by atoms with Crippen molar-refractivity contribution in [3.63, 3.8) is 0 Å². The zero-order valence-corrected chi connectivity index (χ0v) is 16.8. The van der Waals surface area contributed by atoms with Crippen LogP contribution in [-0.2, 0) is 0 Å². The summed E-state index contributed by atoms with van der Waals surface area (Å²) in [7, 11) is 1.56. The highest BCUT2D eigenvalue weighted by molar-refractivity contribution is 6.00. The molecule has 0 bridgehead atoms. The van der Waals surface area contributed by atoms with E-state index in [-0.39, 0.29) is 6.03 Å². The van der Waals surface area contributed by atoms with Crippen LogP contribution in [0.4, 0.5) is 27.8 Å². The van der Waals surface area contributed by atoms with Crippen molar-refractivity contribution < 1.29 is 9.53 Å². The third-order valence-corrected chi connectivity index (χ3v) is 4.94. The highest BCUT2D eigenvalue weighted by Crippen LogP contribution is 2.23. The number of methoxy groups -OCH3 is 1. The lowest BCUT2D eigenvalue weighted by atomic mass is 10.2. The van der Waals surface area contributed by atoms with Gasteiger partial charge in [0.05, 0.1) is 30.9 Å². The molecule has 2 amide bonds. The molecule has 154 valence electrons. The van der Waals surface area contributed by atoms with E-state index < -0.39 is 0 Å². The maximum Gasteiger partial charge on any atom is 0.323 e. The second kappa shape index (κ2) is 9.13.